The average molecular weight is 374 g/mol. The molecule has 1 aromatic heterocycles. The lowest BCUT2D eigenvalue weighted by Gasteiger charge is -2.11. The molecule has 0 radical (unpaired) electrons. The van der Waals surface area contributed by atoms with Crippen molar-refractivity contribution in [3.05, 3.63) is 48.2 Å². The lowest BCUT2D eigenvalue weighted by Crippen LogP contribution is -2.39. The van der Waals surface area contributed by atoms with E-state index in [1.807, 2.05) is 31.2 Å². The average Bonchev–Trinajstić information content (AvgIpc) is 2.51. The summed E-state index contributed by atoms with van der Waals surface area (Å²) >= 11 is 0. The molecule has 0 saturated carbocycles. The second-order valence-electron chi connectivity index (χ2n) is 4.85. The van der Waals surface area contributed by atoms with Crippen LogP contribution < -0.4 is 15.8 Å². The number of methoxy groups -OCH3 is 1. The van der Waals surface area contributed by atoms with Gasteiger partial charge in [-0.3, -0.25) is 4.79 Å². The summed E-state index contributed by atoms with van der Waals surface area (Å²) in [5, 5.41) is 2.66. The van der Waals surface area contributed by atoms with E-state index in [2.05, 4.69) is 10.3 Å². The number of amides is 1. The molecule has 1 amide bonds. The van der Waals surface area contributed by atoms with Crippen molar-refractivity contribution in [1.29, 1.82) is 0 Å². The fourth-order valence-corrected chi connectivity index (χ4v) is 1.73. The van der Waals surface area contributed by atoms with Gasteiger partial charge in [-0.25, -0.2) is 4.98 Å². The highest BCUT2D eigenvalue weighted by molar-refractivity contribution is 5.94. The molecule has 2 rings (SSSR count). The molecule has 0 aliphatic heterocycles. The van der Waals surface area contributed by atoms with Crippen LogP contribution in [0.25, 0.3) is 0 Å². The highest BCUT2D eigenvalue weighted by Gasteiger charge is 2.13. The Morgan fingerprint density at radius 2 is 1.88 bits per heavy atom. The Bertz CT molecular complexity index is 621. The number of benzene rings is 1. The first kappa shape index (κ1) is 22.1. The molecule has 24 heavy (non-hydrogen) atoms. The summed E-state index contributed by atoms with van der Waals surface area (Å²) in [5.74, 6) is 0.830. The van der Waals surface area contributed by atoms with Crippen molar-refractivity contribution in [1.82, 2.24) is 4.98 Å². The molecule has 1 atom stereocenters. The molecule has 0 spiro atoms. The van der Waals surface area contributed by atoms with Crippen LogP contribution in [0.15, 0.2) is 42.6 Å². The zero-order valence-corrected chi connectivity index (χ0v) is 15.0. The number of ether oxygens (including phenoxy) is 2. The number of pyridine rings is 1. The van der Waals surface area contributed by atoms with Gasteiger partial charge in [0.15, 0.2) is 0 Å². The number of rotatable bonds is 6. The fourth-order valence-electron chi connectivity index (χ4n) is 1.73. The maximum absolute atomic E-state index is 11.7. The van der Waals surface area contributed by atoms with Crippen LogP contribution in [0.1, 0.15) is 5.56 Å². The van der Waals surface area contributed by atoms with E-state index in [-0.39, 0.29) is 37.3 Å². The number of nitrogens with zero attached hydrogens (tertiary/aromatic N) is 1. The second-order valence-corrected chi connectivity index (χ2v) is 4.85. The predicted molar refractivity (Wildman–Crippen MR) is 98.5 cm³/mol. The van der Waals surface area contributed by atoms with Crippen LogP contribution in [0.2, 0.25) is 0 Å². The quantitative estimate of drug-likeness (QED) is 0.812. The summed E-state index contributed by atoms with van der Waals surface area (Å²) in [6, 6.07) is 10.3. The van der Waals surface area contributed by atoms with Crippen LogP contribution in [-0.2, 0) is 9.53 Å². The van der Waals surface area contributed by atoms with Gasteiger partial charge in [0, 0.05) is 13.2 Å². The van der Waals surface area contributed by atoms with E-state index in [1.54, 1.807) is 12.1 Å². The van der Waals surface area contributed by atoms with E-state index in [0.29, 0.717) is 17.3 Å². The minimum Gasteiger partial charge on any atom is -0.439 e. The summed E-state index contributed by atoms with van der Waals surface area (Å²) < 4.78 is 10.4. The largest absolute Gasteiger partial charge is 0.439 e. The molecule has 8 heteroatoms. The molecule has 0 bridgehead atoms. The zero-order valence-electron chi connectivity index (χ0n) is 13.4. The van der Waals surface area contributed by atoms with Gasteiger partial charge >= 0.3 is 0 Å². The summed E-state index contributed by atoms with van der Waals surface area (Å²) in [5.41, 5.74) is 7.34. The van der Waals surface area contributed by atoms with Gasteiger partial charge in [0.25, 0.3) is 0 Å². The lowest BCUT2D eigenvalue weighted by molar-refractivity contribution is -0.118. The third-order valence-corrected chi connectivity index (χ3v) is 2.93. The van der Waals surface area contributed by atoms with E-state index in [9.17, 15) is 4.79 Å². The van der Waals surface area contributed by atoms with Crippen LogP contribution in [0.4, 0.5) is 5.69 Å². The van der Waals surface area contributed by atoms with Gasteiger partial charge in [-0.05, 0) is 25.1 Å². The molecular weight excluding hydrogens is 353 g/mol. The summed E-state index contributed by atoms with van der Waals surface area (Å²) in [6.45, 7) is 2.17. The van der Waals surface area contributed by atoms with Crippen LogP contribution in [0.5, 0.6) is 11.6 Å². The molecule has 1 unspecified atom stereocenters. The Hall–Kier alpha value is -1.86. The van der Waals surface area contributed by atoms with Gasteiger partial charge in [-0.2, -0.15) is 0 Å². The number of nitrogens with two attached hydrogens (primary N) is 1. The van der Waals surface area contributed by atoms with Crippen LogP contribution >= 0.6 is 24.8 Å². The third kappa shape index (κ3) is 6.72. The number of nitrogens with one attached hydrogen (secondary N) is 1. The Morgan fingerprint density at radius 3 is 2.42 bits per heavy atom. The van der Waals surface area contributed by atoms with Gasteiger partial charge in [0.1, 0.15) is 11.8 Å². The Kier molecular flexibility index (Phi) is 9.99. The first-order valence-corrected chi connectivity index (χ1v) is 6.84. The van der Waals surface area contributed by atoms with Crippen LogP contribution in [0.3, 0.4) is 0 Å². The number of halogens is 2. The van der Waals surface area contributed by atoms with Gasteiger partial charge < -0.3 is 20.5 Å². The number of aromatic nitrogens is 1. The standard InChI is InChI=1S/C16H19N3O3.2ClH/c1-11-3-6-13(7-4-11)22-15-8-5-12(9-18-15)19-16(20)14(17)10-21-2;;/h3-9,14H,10,17H2,1-2H3,(H,19,20);2*1H. The van der Waals surface area contributed by atoms with Crippen LogP contribution in [0, 0.1) is 6.92 Å². The minimum atomic E-state index is -0.714. The summed E-state index contributed by atoms with van der Waals surface area (Å²) in [7, 11) is 1.49. The number of carbonyl (C=O) groups is 1. The molecule has 2 aromatic rings. The fraction of sp³-hybridized carbons (Fsp3) is 0.250. The van der Waals surface area contributed by atoms with Crippen molar-refractivity contribution in [2.75, 3.05) is 19.0 Å². The molecule has 0 aliphatic rings. The second kappa shape index (κ2) is 10.8. The normalized spacial score (nSPS) is 10.8. The minimum absolute atomic E-state index is 0. The monoisotopic (exact) mass is 373 g/mol. The van der Waals surface area contributed by atoms with E-state index >= 15 is 0 Å². The van der Waals surface area contributed by atoms with E-state index in [1.165, 1.54) is 13.3 Å². The topological polar surface area (TPSA) is 86.5 Å². The van der Waals surface area contributed by atoms with Crippen molar-refractivity contribution in [3.63, 3.8) is 0 Å². The highest BCUT2D eigenvalue weighted by Crippen LogP contribution is 2.20. The first-order chi connectivity index (χ1) is 10.6. The van der Waals surface area contributed by atoms with E-state index < -0.39 is 6.04 Å². The first-order valence-electron chi connectivity index (χ1n) is 6.84. The van der Waals surface area contributed by atoms with Gasteiger partial charge in [-0.1, -0.05) is 17.7 Å². The maximum Gasteiger partial charge on any atom is 0.243 e. The maximum atomic E-state index is 11.7. The van der Waals surface area contributed by atoms with Gasteiger partial charge in [0.2, 0.25) is 11.8 Å². The van der Waals surface area contributed by atoms with Crippen molar-refractivity contribution >= 4 is 36.4 Å². The number of hydrogen-bond donors (Lipinski definition) is 2. The SMILES string of the molecule is COCC(N)C(=O)Nc1ccc(Oc2ccc(C)cc2)nc1.Cl.Cl. The number of hydrogen-bond acceptors (Lipinski definition) is 5. The van der Waals surface area contributed by atoms with E-state index in [0.717, 1.165) is 5.56 Å². The molecule has 1 heterocycles. The highest BCUT2D eigenvalue weighted by atomic mass is 35.5. The van der Waals surface area contributed by atoms with Gasteiger partial charge in [0.05, 0.1) is 18.5 Å². The number of aryl methyl sites for hydroxylation is 1. The summed E-state index contributed by atoms with van der Waals surface area (Å²) in [6.07, 6.45) is 1.51. The summed E-state index contributed by atoms with van der Waals surface area (Å²) in [4.78, 5) is 15.9. The molecule has 3 N–H and O–H groups in total. The predicted octanol–water partition coefficient (Wildman–Crippen LogP) is 2.94. The molecular formula is C16H21Cl2N3O3. The third-order valence-electron chi connectivity index (χ3n) is 2.93. The van der Waals surface area contributed by atoms with Crippen LogP contribution in [-0.4, -0.2) is 30.6 Å². The zero-order chi connectivity index (χ0) is 15.9. The number of carbonyl (C=O) groups excluding carboxylic acids is 1. The Labute approximate surface area is 153 Å². The lowest BCUT2D eigenvalue weighted by atomic mass is 10.2. The Morgan fingerprint density at radius 1 is 1.21 bits per heavy atom. The molecule has 0 saturated heterocycles. The molecule has 0 aliphatic carbocycles. The smallest absolute Gasteiger partial charge is 0.243 e. The van der Waals surface area contributed by atoms with Crippen molar-refractivity contribution in [2.24, 2.45) is 5.73 Å². The molecule has 132 valence electrons. The van der Waals surface area contributed by atoms with E-state index in [4.69, 9.17) is 15.2 Å². The van der Waals surface area contributed by atoms with Gasteiger partial charge in [-0.15, -0.1) is 24.8 Å². The van der Waals surface area contributed by atoms with Crippen molar-refractivity contribution < 1.29 is 14.3 Å². The Balaban J connectivity index is 0.00000264. The molecule has 0 fully saturated rings. The number of anilines is 1. The molecule has 1 aromatic carbocycles. The van der Waals surface area contributed by atoms with Crippen molar-refractivity contribution in [3.8, 4) is 11.6 Å². The van der Waals surface area contributed by atoms with Crippen molar-refractivity contribution in [2.45, 2.75) is 13.0 Å². The molecule has 6 nitrogen and oxygen atoms in total.